The number of hydrogen-bond donors (Lipinski definition) is 2. The fourth-order valence-corrected chi connectivity index (χ4v) is 3.21. The van der Waals surface area contributed by atoms with Gasteiger partial charge >= 0.3 is 0 Å². The lowest BCUT2D eigenvalue weighted by molar-refractivity contribution is -0.120. The monoisotopic (exact) mass is 300 g/mol. The first-order valence-electron chi connectivity index (χ1n) is 8.19. The van der Waals surface area contributed by atoms with Crippen molar-refractivity contribution in [3.63, 3.8) is 0 Å². The number of likely N-dealkylation sites (N-methyl/N-ethyl adjacent to an activating group) is 1. The van der Waals surface area contributed by atoms with Crippen LogP contribution in [0.25, 0.3) is 11.0 Å². The van der Waals surface area contributed by atoms with Crippen molar-refractivity contribution in [2.45, 2.75) is 45.6 Å². The van der Waals surface area contributed by atoms with Crippen molar-refractivity contribution in [2.75, 3.05) is 13.1 Å². The fraction of sp³-hybridized carbons (Fsp3) is 0.500. The van der Waals surface area contributed by atoms with E-state index in [1.807, 2.05) is 0 Å². The lowest BCUT2D eigenvalue weighted by Gasteiger charge is -2.12. The van der Waals surface area contributed by atoms with Crippen LogP contribution in [0.15, 0.2) is 22.8 Å². The van der Waals surface area contributed by atoms with Gasteiger partial charge in [-0.15, -0.1) is 0 Å². The molecule has 4 nitrogen and oxygen atoms in total. The maximum absolute atomic E-state index is 12.1. The molecule has 3 rings (SSSR count). The molecule has 0 saturated heterocycles. The number of nitrogens with one attached hydrogen (secondary N) is 2. The Labute approximate surface area is 131 Å². The van der Waals surface area contributed by atoms with Crippen LogP contribution >= 0.6 is 0 Å². The lowest BCUT2D eigenvalue weighted by atomic mass is 10.0. The molecule has 1 heterocycles. The molecule has 0 fully saturated rings. The van der Waals surface area contributed by atoms with Gasteiger partial charge in [0.1, 0.15) is 5.58 Å². The maximum Gasteiger partial charge on any atom is 0.224 e. The molecule has 0 spiro atoms. The van der Waals surface area contributed by atoms with Gasteiger partial charge in [-0.1, -0.05) is 6.92 Å². The highest BCUT2D eigenvalue weighted by molar-refractivity contribution is 5.88. The van der Waals surface area contributed by atoms with Crippen molar-refractivity contribution in [1.82, 2.24) is 10.6 Å². The van der Waals surface area contributed by atoms with Crippen molar-refractivity contribution >= 4 is 16.9 Å². The zero-order chi connectivity index (χ0) is 15.5. The summed E-state index contributed by atoms with van der Waals surface area (Å²) >= 11 is 0. The highest BCUT2D eigenvalue weighted by Crippen LogP contribution is 2.30. The molecule has 0 unspecified atom stereocenters. The van der Waals surface area contributed by atoms with Crippen LogP contribution in [0.3, 0.4) is 0 Å². The van der Waals surface area contributed by atoms with Gasteiger partial charge in [0, 0.05) is 23.5 Å². The predicted octanol–water partition coefficient (Wildman–Crippen LogP) is 2.58. The Bertz CT molecular complexity index is 675. The van der Waals surface area contributed by atoms with Gasteiger partial charge in [-0.25, -0.2) is 0 Å². The van der Waals surface area contributed by atoms with Gasteiger partial charge in [0.25, 0.3) is 0 Å². The second-order valence-electron chi connectivity index (χ2n) is 6.17. The summed E-state index contributed by atoms with van der Waals surface area (Å²) in [6.45, 7) is 5.70. The van der Waals surface area contributed by atoms with E-state index in [1.54, 1.807) is 6.26 Å². The molecule has 0 radical (unpaired) electrons. The third-order valence-corrected chi connectivity index (χ3v) is 4.38. The van der Waals surface area contributed by atoms with Gasteiger partial charge in [0.15, 0.2) is 0 Å². The number of aryl methyl sites for hydroxylation is 2. The van der Waals surface area contributed by atoms with Gasteiger partial charge < -0.3 is 15.1 Å². The highest BCUT2D eigenvalue weighted by atomic mass is 16.3. The smallest absolute Gasteiger partial charge is 0.224 e. The summed E-state index contributed by atoms with van der Waals surface area (Å²) in [5.74, 6) is 0.0490. The molecular formula is C18H24N2O2. The van der Waals surface area contributed by atoms with Crippen molar-refractivity contribution < 1.29 is 9.21 Å². The molecule has 1 amide bonds. The Balaban J connectivity index is 1.67. The first-order chi connectivity index (χ1) is 10.7. The van der Waals surface area contributed by atoms with E-state index in [1.165, 1.54) is 17.5 Å². The minimum Gasteiger partial charge on any atom is -0.464 e. The molecule has 118 valence electrons. The van der Waals surface area contributed by atoms with Gasteiger partial charge in [-0.05, 0) is 56.0 Å². The molecule has 2 aromatic rings. The minimum absolute atomic E-state index is 0.0490. The van der Waals surface area contributed by atoms with Gasteiger partial charge in [-0.3, -0.25) is 4.79 Å². The zero-order valence-corrected chi connectivity index (χ0v) is 13.4. The van der Waals surface area contributed by atoms with Crippen LogP contribution in [-0.2, 0) is 24.1 Å². The van der Waals surface area contributed by atoms with Crippen LogP contribution in [0, 0.1) is 0 Å². The van der Waals surface area contributed by atoms with E-state index in [-0.39, 0.29) is 5.91 Å². The number of benzene rings is 1. The average molecular weight is 300 g/mol. The Kier molecular flexibility index (Phi) is 4.48. The molecule has 1 atom stereocenters. The maximum atomic E-state index is 12.1. The van der Waals surface area contributed by atoms with E-state index < -0.39 is 0 Å². The highest BCUT2D eigenvalue weighted by Gasteiger charge is 2.16. The zero-order valence-electron chi connectivity index (χ0n) is 13.4. The SMILES string of the molecule is CCN[C@H](C)CNC(=O)Cc1coc2cc3c(cc12)CCC3. The summed E-state index contributed by atoms with van der Waals surface area (Å²) in [5, 5.41) is 7.36. The average Bonchev–Trinajstić information content (AvgIpc) is 3.10. The van der Waals surface area contributed by atoms with Gasteiger partial charge in [0.05, 0.1) is 12.7 Å². The van der Waals surface area contributed by atoms with Crippen LogP contribution < -0.4 is 10.6 Å². The van der Waals surface area contributed by atoms with E-state index in [4.69, 9.17) is 4.42 Å². The molecule has 2 N–H and O–H groups in total. The first kappa shape index (κ1) is 15.1. The van der Waals surface area contributed by atoms with E-state index in [9.17, 15) is 4.79 Å². The predicted molar refractivity (Wildman–Crippen MR) is 88.1 cm³/mol. The second-order valence-corrected chi connectivity index (χ2v) is 6.17. The topological polar surface area (TPSA) is 54.3 Å². The number of carbonyl (C=O) groups is 1. The van der Waals surface area contributed by atoms with Gasteiger partial charge in [-0.2, -0.15) is 0 Å². The van der Waals surface area contributed by atoms with Crippen LogP contribution in [0.2, 0.25) is 0 Å². The molecule has 1 aliphatic carbocycles. The number of carbonyl (C=O) groups excluding carboxylic acids is 1. The summed E-state index contributed by atoms with van der Waals surface area (Å²) in [6.07, 6.45) is 5.62. The summed E-state index contributed by atoms with van der Waals surface area (Å²) in [5.41, 5.74) is 4.71. The molecule has 0 bridgehead atoms. The molecule has 1 aromatic heterocycles. The third-order valence-electron chi connectivity index (χ3n) is 4.38. The van der Waals surface area contributed by atoms with Crippen LogP contribution in [-0.4, -0.2) is 25.0 Å². The summed E-state index contributed by atoms with van der Waals surface area (Å²) in [7, 11) is 0. The molecule has 0 aliphatic heterocycles. The third kappa shape index (κ3) is 3.17. The van der Waals surface area contributed by atoms with E-state index in [0.717, 1.165) is 35.9 Å². The standard InChI is InChI=1S/C18H24N2O2/c1-3-19-12(2)10-20-18(21)9-15-11-22-17-8-14-6-4-5-13(14)7-16(15)17/h7-8,11-12,19H,3-6,9-10H2,1-2H3,(H,20,21)/t12-/m1/s1. The van der Waals surface area contributed by atoms with Crippen molar-refractivity contribution in [3.8, 4) is 0 Å². The molecule has 1 aromatic carbocycles. The van der Waals surface area contributed by atoms with Gasteiger partial charge in [0.2, 0.25) is 5.91 Å². The number of hydrogen-bond acceptors (Lipinski definition) is 3. The summed E-state index contributed by atoms with van der Waals surface area (Å²) in [6, 6.07) is 4.65. The van der Waals surface area contributed by atoms with Crippen LogP contribution in [0.5, 0.6) is 0 Å². The Morgan fingerprint density at radius 3 is 2.86 bits per heavy atom. The fourth-order valence-electron chi connectivity index (χ4n) is 3.21. The van der Waals surface area contributed by atoms with Crippen LogP contribution in [0.1, 0.15) is 37.0 Å². The number of furan rings is 1. The van der Waals surface area contributed by atoms with Crippen molar-refractivity contribution in [2.24, 2.45) is 0 Å². The van der Waals surface area contributed by atoms with E-state index in [2.05, 4.69) is 36.6 Å². The van der Waals surface area contributed by atoms with Crippen molar-refractivity contribution in [3.05, 3.63) is 35.1 Å². The number of fused-ring (bicyclic) bond motifs is 2. The number of amides is 1. The minimum atomic E-state index is 0.0490. The normalized spacial score (nSPS) is 15.0. The quantitative estimate of drug-likeness (QED) is 0.862. The Hall–Kier alpha value is -1.81. The van der Waals surface area contributed by atoms with Crippen molar-refractivity contribution in [1.29, 1.82) is 0 Å². The second kappa shape index (κ2) is 6.53. The van der Waals surface area contributed by atoms with E-state index in [0.29, 0.717) is 19.0 Å². The molecule has 0 saturated carbocycles. The number of rotatable bonds is 6. The van der Waals surface area contributed by atoms with Crippen LogP contribution in [0.4, 0.5) is 0 Å². The first-order valence-corrected chi connectivity index (χ1v) is 8.19. The molecular weight excluding hydrogens is 276 g/mol. The van der Waals surface area contributed by atoms with E-state index >= 15 is 0 Å². The summed E-state index contributed by atoms with van der Waals surface area (Å²) in [4.78, 5) is 12.1. The largest absolute Gasteiger partial charge is 0.464 e. The Morgan fingerprint density at radius 1 is 1.32 bits per heavy atom. The lowest BCUT2D eigenvalue weighted by Crippen LogP contribution is -2.39. The molecule has 1 aliphatic rings. The Morgan fingerprint density at radius 2 is 2.09 bits per heavy atom. The summed E-state index contributed by atoms with van der Waals surface area (Å²) < 4.78 is 5.65. The molecule has 22 heavy (non-hydrogen) atoms. The molecule has 4 heteroatoms.